The topological polar surface area (TPSA) is 64.1 Å². The van der Waals surface area contributed by atoms with Gasteiger partial charge in [-0.25, -0.2) is 14.4 Å². The summed E-state index contributed by atoms with van der Waals surface area (Å²) in [7, 11) is 0. The first-order chi connectivity index (χ1) is 9.65. The van der Waals surface area contributed by atoms with Crippen LogP contribution in [0.2, 0.25) is 0 Å². The van der Waals surface area contributed by atoms with Crippen molar-refractivity contribution in [1.82, 2.24) is 9.97 Å². The van der Waals surface area contributed by atoms with Gasteiger partial charge in [0.05, 0.1) is 18.2 Å². The standard InChI is InChI=1S/C14H20FN3O2/c1-3-11-12(15)13(17-8-16-11)18-10-6-5-9(7-10)14(19)20-4-2/h8-10H,3-7H2,1-2H3,(H,16,17,18). The fourth-order valence-corrected chi connectivity index (χ4v) is 2.53. The van der Waals surface area contributed by atoms with E-state index in [2.05, 4.69) is 15.3 Å². The van der Waals surface area contributed by atoms with Crippen LogP contribution < -0.4 is 5.32 Å². The van der Waals surface area contributed by atoms with Gasteiger partial charge in [0.25, 0.3) is 0 Å². The van der Waals surface area contributed by atoms with Crippen molar-refractivity contribution in [1.29, 1.82) is 0 Å². The number of esters is 1. The molecule has 2 rings (SSSR count). The molecule has 0 radical (unpaired) electrons. The Balaban J connectivity index is 1.97. The second-order valence-corrected chi connectivity index (χ2v) is 4.94. The Labute approximate surface area is 118 Å². The van der Waals surface area contributed by atoms with Crippen LogP contribution in [-0.2, 0) is 16.0 Å². The number of anilines is 1. The lowest BCUT2D eigenvalue weighted by Gasteiger charge is -2.14. The Morgan fingerprint density at radius 3 is 2.95 bits per heavy atom. The minimum absolute atomic E-state index is 0.0542. The van der Waals surface area contributed by atoms with E-state index in [1.807, 2.05) is 6.92 Å². The van der Waals surface area contributed by atoms with Gasteiger partial charge in [0.15, 0.2) is 11.6 Å². The molecule has 20 heavy (non-hydrogen) atoms. The minimum atomic E-state index is -0.394. The molecule has 0 saturated heterocycles. The first kappa shape index (κ1) is 14.7. The van der Waals surface area contributed by atoms with Gasteiger partial charge in [-0.1, -0.05) is 6.92 Å². The summed E-state index contributed by atoms with van der Waals surface area (Å²) in [5.74, 6) is -0.418. The largest absolute Gasteiger partial charge is 0.466 e. The molecule has 2 atom stereocenters. The van der Waals surface area contributed by atoms with E-state index in [1.165, 1.54) is 6.33 Å². The van der Waals surface area contributed by atoms with Crippen molar-refractivity contribution in [2.24, 2.45) is 5.92 Å². The number of halogens is 1. The van der Waals surface area contributed by atoms with Crippen molar-refractivity contribution in [3.05, 3.63) is 17.8 Å². The van der Waals surface area contributed by atoms with E-state index in [4.69, 9.17) is 4.74 Å². The normalized spacial score (nSPS) is 21.8. The number of carbonyl (C=O) groups is 1. The van der Waals surface area contributed by atoms with Crippen molar-refractivity contribution in [3.63, 3.8) is 0 Å². The third kappa shape index (κ3) is 3.23. The number of aryl methyl sites for hydroxylation is 1. The molecule has 5 nitrogen and oxygen atoms in total. The fourth-order valence-electron chi connectivity index (χ4n) is 2.53. The van der Waals surface area contributed by atoms with Crippen LogP contribution in [0.1, 0.15) is 38.8 Å². The van der Waals surface area contributed by atoms with Gasteiger partial charge in [0.1, 0.15) is 6.33 Å². The van der Waals surface area contributed by atoms with Gasteiger partial charge < -0.3 is 10.1 Å². The van der Waals surface area contributed by atoms with Crippen LogP contribution in [0.3, 0.4) is 0 Å². The van der Waals surface area contributed by atoms with Crippen LogP contribution in [-0.4, -0.2) is 28.6 Å². The van der Waals surface area contributed by atoms with Crippen LogP contribution in [0.5, 0.6) is 0 Å². The fraction of sp³-hybridized carbons (Fsp3) is 0.643. The number of ether oxygens (including phenoxy) is 1. The molecule has 6 heteroatoms. The summed E-state index contributed by atoms with van der Waals surface area (Å²) >= 11 is 0. The number of aromatic nitrogens is 2. The Kier molecular flexibility index (Phi) is 4.87. The van der Waals surface area contributed by atoms with E-state index < -0.39 is 5.82 Å². The first-order valence-electron chi connectivity index (χ1n) is 7.08. The Hall–Kier alpha value is -1.72. The summed E-state index contributed by atoms with van der Waals surface area (Å²) in [4.78, 5) is 19.5. The van der Waals surface area contributed by atoms with Gasteiger partial charge in [-0.15, -0.1) is 0 Å². The molecular formula is C14H20FN3O2. The van der Waals surface area contributed by atoms with Crippen LogP contribution in [0.15, 0.2) is 6.33 Å². The smallest absolute Gasteiger partial charge is 0.308 e. The molecule has 0 aliphatic heterocycles. The van der Waals surface area contributed by atoms with Crippen LogP contribution in [0.4, 0.5) is 10.2 Å². The number of hydrogen-bond acceptors (Lipinski definition) is 5. The average Bonchev–Trinajstić information content (AvgIpc) is 2.90. The van der Waals surface area contributed by atoms with E-state index in [1.54, 1.807) is 6.92 Å². The highest BCUT2D eigenvalue weighted by atomic mass is 19.1. The second kappa shape index (κ2) is 6.63. The van der Waals surface area contributed by atoms with Crippen LogP contribution >= 0.6 is 0 Å². The van der Waals surface area contributed by atoms with Crippen molar-refractivity contribution in [2.45, 2.75) is 45.6 Å². The van der Waals surface area contributed by atoms with Gasteiger partial charge in [0.2, 0.25) is 0 Å². The van der Waals surface area contributed by atoms with Crippen molar-refractivity contribution in [3.8, 4) is 0 Å². The predicted octanol–water partition coefficient (Wildman–Crippen LogP) is 2.32. The Morgan fingerprint density at radius 2 is 2.25 bits per heavy atom. The lowest BCUT2D eigenvalue weighted by Crippen LogP contribution is -2.21. The molecule has 1 fully saturated rings. The maximum atomic E-state index is 14.0. The van der Waals surface area contributed by atoms with Gasteiger partial charge in [0, 0.05) is 6.04 Å². The zero-order valence-corrected chi connectivity index (χ0v) is 11.9. The summed E-state index contributed by atoms with van der Waals surface area (Å²) in [6.07, 6.45) is 4.13. The van der Waals surface area contributed by atoms with Crippen LogP contribution in [0, 0.1) is 11.7 Å². The molecule has 1 aromatic rings. The molecule has 1 aliphatic carbocycles. The lowest BCUT2D eigenvalue weighted by molar-refractivity contribution is -0.147. The van der Waals surface area contributed by atoms with E-state index in [0.717, 1.165) is 12.8 Å². The lowest BCUT2D eigenvalue weighted by atomic mass is 10.1. The molecule has 1 N–H and O–H groups in total. The summed E-state index contributed by atoms with van der Waals surface area (Å²) in [6.45, 7) is 4.04. The highest BCUT2D eigenvalue weighted by Crippen LogP contribution is 2.29. The SMILES string of the molecule is CCOC(=O)C1CCC(Nc2ncnc(CC)c2F)C1. The summed E-state index contributed by atoms with van der Waals surface area (Å²) in [5, 5.41) is 3.08. The van der Waals surface area contributed by atoms with E-state index in [0.29, 0.717) is 25.1 Å². The first-order valence-corrected chi connectivity index (χ1v) is 7.08. The number of nitrogens with one attached hydrogen (secondary N) is 1. The number of carbonyl (C=O) groups excluding carboxylic acids is 1. The van der Waals surface area contributed by atoms with Crippen LogP contribution in [0.25, 0.3) is 0 Å². The highest BCUT2D eigenvalue weighted by molar-refractivity contribution is 5.73. The number of rotatable bonds is 5. The Morgan fingerprint density at radius 1 is 1.45 bits per heavy atom. The van der Waals surface area contributed by atoms with Crippen molar-refractivity contribution < 1.29 is 13.9 Å². The molecule has 0 aromatic carbocycles. The number of nitrogens with zero attached hydrogens (tertiary/aromatic N) is 2. The van der Waals surface area contributed by atoms with Gasteiger partial charge in [-0.3, -0.25) is 4.79 Å². The maximum Gasteiger partial charge on any atom is 0.308 e. The molecule has 1 heterocycles. The molecule has 2 unspecified atom stereocenters. The molecule has 1 aliphatic rings. The molecule has 1 aromatic heterocycles. The monoisotopic (exact) mass is 281 g/mol. The highest BCUT2D eigenvalue weighted by Gasteiger charge is 2.31. The summed E-state index contributed by atoms with van der Waals surface area (Å²) in [6, 6.07) is 0.0542. The third-order valence-corrected chi connectivity index (χ3v) is 3.59. The maximum absolute atomic E-state index is 14.0. The molecule has 0 spiro atoms. The van der Waals surface area contributed by atoms with Crippen molar-refractivity contribution >= 4 is 11.8 Å². The van der Waals surface area contributed by atoms with E-state index >= 15 is 0 Å². The summed E-state index contributed by atoms with van der Waals surface area (Å²) < 4.78 is 19.0. The minimum Gasteiger partial charge on any atom is -0.466 e. The molecule has 0 bridgehead atoms. The third-order valence-electron chi connectivity index (χ3n) is 3.59. The van der Waals surface area contributed by atoms with Crippen molar-refractivity contribution in [2.75, 3.05) is 11.9 Å². The average molecular weight is 281 g/mol. The van der Waals surface area contributed by atoms with E-state index in [9.17, 15) is 9.18 Å². The van der Waals surface area contributed by atoms with Gasteiger partial charge in [-0.05, 0) is 32.6 Å². The summed E-state index contributed by atoms with van der Waals surface area (Å²) in [5.41, 5.74) is 0.405. The number of hydrogen-bond donors (Lipinski definition) is 1. The Bertz CT molecular complexity index is 481. The molecule has 0 amide bonds. The molecular weight excluding hydrogens is 261 g/mol. The predicted molar refractivity (Wildman–Crippen MR) is 72.8 cm³/mol. The van der Waals surface area contributed by atoms with Gasteiger partial charge >= 0.3 is 5.97 Å². The molecule has 1 saturated carbocycles. The quantitative estimate of drug-likeness (QED) is 0.839. The second-order valence-electron chi connectivity index (χ2n) is 4.94. The van der Waals surface area contributed by atoms with Gasteiger partial charge in [-0.2, -0.15) is 0 Å². The zero-order chi connectivity index (χ0) is 14.5. The van der Waals surface area contributed by atoms with E-state index in [-0.39, 0.29) is 23.7 Å². The molecule has 110 valence electrons. The zero-order valence-electron chi connectivity index (χ0n) is 11.9.